The number of hydrogen-bond acceptors (Lipinski definition) is 5. The molecule has 0 aromatic carbocycles. The normalized spacial score (nSPS) is 43.4. The average Bonchev–Trinajstić information content (AvgIpc) is 3.14. The van der Waals surface area contributed by atoms with Gasteiger partial charge >= 0.3 is 5.97 Å². The van der Waals surface area contributed by atoms with Crippen LogP contribution in [0.2, 0.25) is 0 Å². The van der Waals surface area contributed by atoms with Crippen molar-refractivity contribution >= 4 is 11.8 Å². The lowest BCUT2D eigenvalue weighted by molar-refractivity contribution is -0.280. The van der Waals surface area contributed by atoms with Gasteiger partial charge in [-0.3, -0.25) is 9.59 Å². The summed E-state index contributed by atoms with van der Waals surface area (Å²) < 4.78 is 18.7. The molecule has 5 rings (SSSR count). The Morgan fingerprint density at radius 2 is 1.85 bits per heavy atom. The fourth-order valence-corrected chi connectivity index (χ4v) is 9.12. The number of methoxy groups -OCH3 is 1. The van der Waals surface area contributed by atoms with Crippen LogP contribution in [0.15, 0.2) is 11.6 Å². The third-order valence-electron chi connectivity index (χ3n) is 10.9. The number of hydrogen-bond donors (Lipinski definition) is 0. The van der Waals surface area contributed by atoms with E-state index in [9.17, 15) is 9.59 Å². The van der Waals surface area contributed by atoms with Gasteiger partial charge in [0, 0.05) is 45.1 Å². The van der Waals surface area contributed by atoms with E-state index in [-0.39, 0.29) is 28.8 Å². The molecule has 5 aliphatic rings. The molecule has 4 fully saturated rings. The Bertz CT molecular complexity index is 841. The van der Waals surface area contributed by atoms with Gasteiger partial charge in [0.2, 0.25) is 0 Å². The summed E-state index contributed by atoms with van der Waals surface area (Å²) in [4.78, 5) is 24.4. The molecular formula is C29H44O5. The first kappa shape index (κ1) is 24.5. The largest absolute Gasteiger partial charge is 0.465 e. The maximum absolute atomic E-state index is 12.5. The molecule has 5 heteroatoms. The maximum Gasteiger partial charge on any atom is 0.302 e. The second-order valence-electron chi connectivity index (χ2n) is 12.4. The van der Waals surface area contributed by atoms with Crippen LogP contribution in [0.5, 0.6) is 0 Å². The summed E-state index contributed by atoms with van der Waals surface area (Å²) in [6.07, 6.45) is 15.0. The molecule has 0 bridgehead atoms. The minimum absolute atomic E-state index is 0.159. The first-order chi connectivity index (χ1) is 16.2. The Morgan fingerprint density at radius 3 is 2.56 bits per heavy atom. The van der Waals surface area contributed by atoms with Crippen LogP contribution in [0.1, 0.15) is 97.8 Å². The lowest BCUT2D eigenvalue weighted by Gasteiger charge is -2.60. The van der Waals surface area contributed by atoms with Gasteiger partial charge in [-0.15, -0.1) is 0 Å². The zero-order valence-electron chi connectivity index (χ0n) is 21.7. The molecular weight excluding hydrogens is 428 g/mol. The number of fused-ring (bicyclic) bond motifs is 5. The molecule has 5 nitrogen and oxygen atoms in total. The predicted molar refractivity (Wildman–Crippen MR) is 130 cm³/mol. The molecule has 0 spiro atoms. The van der Waals surface area contributed by atoms with Gasteiger partial charge in [0.25, 0.3) is 0 Å². The molecule has 0 N–H and O–H groups in total. The van der Waals surface area contributed by atoms with Gasteiger partial charge in [0.15, 0.2) is 5.79 Å². The Morgan fingerprint density at radius 1 is 1.09 bits per heavy atom. The van der Waals surface area contributed by atoms with Gasteiger partial charge in [-0.05, 0) is 74.0 Å². The molecule has 34 heavy (non-hydrogen) atoms. The number of allylic oxidation sites excluding steroid dienone is 1. The van der Waals surface area contributed by atoms with Crippen LogP contribution in [-0.4, -0.2) is 37.4 Å². The number of Topliss-reactive ketones (excluding diaryl/α,β-unsaturated/α-hetero) is 1. The van der Waals surface area contributed by atoms with Crippen molar-refractivity contribution in [3.05, 3.63) is 11.6 Å². The summed E-state index contributed by atoms with van der Waals surface area (Å²) in [5.41, 5.74) is 1.24. The fourth-order valence-electron chi connectivity index (χ4n) is 9.12. The van der Waals surface area contributed by atoms with Crippen LogP contribution in [0.3, 0.4) is 0 Å². The Hall–Kier alpha value is -1.20. The van der Waals surface area contributed by atoms with Crippen LogP contribution in [-0.2, 0) is 23.8 Å². The van der Waals surface area contributed by atoms with E-state index in [4.69, 9.17) is 14.2 Å². The van der Waals surface area contributed by atoms with Crippen molar-refractivity contribution in [2.45, 2.75) is 110 Å². The summed E-state index contributed by atoms with van der Waals surface area (Å²) in [6.45, 7) is 6.63. The zero-order valence-corrected chi connectivity index (χ0v) is 21.7. The van der Waals surface area contributed by atoms with Gasteiger partial charge in [-0.2, -0.15) is 0 Å². The molecule has 0 aliphatic heterocycles. The number of carbonyl (C=O) groups excluding carboxylic acids is 2. The second-order valence-corrected chi connectivity index (χ2v) is 12.4. The second kappa shape index (κ2) is 9.03. The van der Waals surface area contributed by atoms with Crippen molar-refractivity contribution in [2.24, 2.45) is 34.5 Å². The van der Waals surface area contributed by atoms with Crippen LogP contribution in [0.4, 0.5) is 0 Å². The van der Waals surface area contributed by atoms with Gasteiger partial charge in [0.05, 0.1) is 6.10 Å². The van der Waals surface area contributed by atoms with E-state index >= 15 is 0 Å². The Balaban J connectivity index is 1.43. The number of ketones is 1. The quantitative estimate of drug-likeness (QED) is 0.279. The summed E-state index contributed by atoms with van der Waals surface area (Å²) in [5.74, 6) is 1.57. The van der Waals surface area contributed by atoms with Crippen LogP contribution >= 0.6 is 0 Å². The third-order valence-corrected chi connectivity index (χ3v) is 10.9. The zero-order chi connectivity index (χ0) is 24.1. The van der Waals surface area contributed by atoms with Crippen molar-refractivity contribution in [3.8, 4) is 0 Å². The van der Waals surface area contributed by atoms with E-state index in [2.05, 4.69) is 19.9 Å². The molecule has 0 aromatic heterocycles. The molecule has 0 amide bonds. The number of ether oxygens (including phenoxy) is 3. The molecule has 5 aliphatic carbocycles. The smallest absolute Gasteiger partial charge is 0.302 e. The lowest BCUT2D eigenvalue weighted by atomic mass is 9.45. The number of esters is 1. The summed E-state index contributed by atoms with van der Waals surface area (Å²) >= 11 is 0. The van der Waals surface area contributed by atoms with E-state index < -0.39 is 5.79 Å². The van der Waals surface area contributed by atoms with Gasteiger partial charge in [0.1, 0.15) is 12.4 Å². The van der Waals surface area contributed by atoms with Crippen molar-refractivity contribution in [3.63, 3.8) is 0 Å². The van der Waals surface area contributed by atoms with Crippen molar-refractivity contribution in [1.29, 1.82) is 0 Å². The highest BCUT2D eigenvalue weighted by molar-refractivity contribution is 5.83. The fraction of sp³-hybridized carbons (Fsp3) is 0.862. The van der Waals surface area contributed by atoms with Gasteiger partial charge < -0.3 is 14.2 Å². The SMILES string of the molecule is COC1(OC2CC[C@H]3[C@@H]4CC=C5CC(=O)CC(C)[C@]5(COC(C)=O)[C@@H]4CC[C@]23C)CCCCC1. The summed E-state index contributed by atoms with van der Waals surface area (Å²) in [7, 11) is 1.83. The molecule has 2 unspecified atom stereocenters. The van der Waals surface area contributed by atoms with E-state index in [0.717, 1.165) is 38.5 Å². The topological polar surface area (TPSA) is 61.8 Å². The van der Waals surface area contributed by atoms with E-state index in [1.54, 1.807) is 0 Å². The highest BCUT2D eigenvalue weighted by Crippen LogP contribution is 2.66. The molecule has 4 saturated carbocycles. The highest BCUT2D eigenvalue weighted by atomic mass is 16.7. The minimum Gasteiger partial charge on any atom is -0.465 e. The minimum atomic E-state index is -0.397. The van der Waals surface area contributed by atoms with Crippen LogP contribution in [0, 0.1) is 34.5 Å². The molecule has 0 radical (unpaired) electrons. The third kappa shape index (κ3) is 3.80. The van der Waals surface area contributed by atoms with Gasteiger partial charge in [-0.25, -0.2) is 0 Å². The molecule has 0 aromatic rings. The maximum atomic E-state index is 12.5. The predicted octanol–water partition coefficient (Wildman–Crippen LogP) is 6.00. The first-order valence-corrected chi connectivity index (χ1v) is 13.8. The van der Waals surface area contributed by atoms with Crippen molar-refractivity contribution < 1.29 is 23.8 Å². The van der Waals surface area contributed by atoms with Crippen molar-refractivity contribution in [1.82, 2.24) is 0 Å². The first-order valence-electron chi connectivity index (χ1n) is 13.8. The van der Waals surface area contributed by atoms with Gasteiger partial charge in [-0.1, -0.05) is 31.9 Å². The molecule has 7 atom stereocenters. The molecule has 0 heterocycles. The summed E-state index contributed by atoms with van der Waals surface area (Å²) in [6, 6.07) is 0. The van der Waals surface area contributed by atoms with E-state index in [0.29, 0.717) is 43.0 Å². The van der Waals surface area contributed by atoms with Crippen LogP contribution < -0.4 is 0 Å². The lowest BCUT2D eigenvalue weighted by Crippen LogP contribution is -2.57. The molecule has 190 valence electrons. The standard InChI is InChI=1S/C29H44O5/c1-19-16-22(31)17-21-8-9-23-24-10-11-26(34-28(32-4)13-6-5-7-14-28)27(24,3)15-12-25(23)29(19,21)18-33-20(2)30/h8,19,23-26H,5-7,9-18H2,1-4H3/t19?,23-,24-,25+,26?,27-,29-/m0/s1. The Kier molecular flexibility index (Phi) is 6.50. The number of carbonyl (C=O) groups is 2. The molecule has 0 saturated heterocycles. The van der Waals surface area contributed by atoms with E-state index in [1.165, 1.54) is 38.2 Å². The van der Waals surface area contributed by atoms with Crippen LogP contribution in [0.25, 0.3) is 0 Å². The average molecular weight is 473 g/mol. The highest BCUT2D eigenvalue weighted by Gasteiger charge is 2.62. The summed E-state index contributed by atoms with van der Waals surface area (Å²) in [5, 5.41) is 0. The Labute approximate surface area is 205 Å². The van der Waals surface area contributed by atoms with Crippen molar-refractivity contribution in [2.75, 3.05) is 13.7 Å². The monoisotopic (exact) mass is 472 g/mol. The number of rotatable bonds is 5. The van der Waals surface area contributed by atoms with E-state index in [1.807, 2.05) is 7.11 Å².